The summed E-state index contributed by atoms with van der Waals surface area (Å²) in [5, 5.41) is 5.71. The molecule has 2 N–H and O–H groups in total. The number of nitrogens with one attached hydrogen (secondary N) is 2. The second-order valence-corrected chi connectivity index (χ2v) is 7.57. The highest BCUT2D eigenvalue weighted by atomic mass is 16.5. The van der Waals surface area contributed by atoms with Gasteiger partial charge in [0.15, 0.2) is 0 Å². The lowest BCUT2D eigenvalue weighted by molar-refractivity contribution is 0.0679. The van der Waals surface area contributed by atoms with Crippen molar-refractivity contribution in [1.29, 1.82) is 0 Å². The molecule has 154 valence electrons. The summed E-state index contributed by atoms with van der Waals surface area (Å²) in [5.41, 5.74) is 1.42. The smallest absolute Gasteiger partial charge is 0.255 e. The van der Waals surface area contributed by atoms with Gasteiger partial charge >= 0.3 is 0 Å². The van der Waals surface area contributed by atoms with Crippen molar-refractivity contribution in [2.24, 2.45) is 5.92 Å². The first kappa shape index (κ1) is 20.9. The van der Waals surface area contributed by atoms with Crippen LogP contribution in [0.3, 0.4) is 0 Å². The molecule has 29 heavy (non-hydrogen) atoms. The number of carbonyl (C=O) groups is 2. The number of hydrogen-bond acceptors (Lipinski definition) is 4. The van der Waals surface area contributed by atoms with Gasteiger partial charge in [0.1, 0.15) is 12.4 Å². The molecule has 1 aliphatic rings. The molecule has 0 bridgehead atoms. The van der Waals surface area contributed by atoms with Crippen LogP contribution in [0.4, 0.5) is 5.69 Å². The van der Waals surface area contributed by atoms with Crippen molar-refractivity contribution in [1.82, 2.24) is 5.32 Å². The fraction of sp³-hybridized carbons (Fsp3) is 0.391. The molecule has 0 aromatic heterocycles. The number of benzene rings is 2. The van der Waals surface area contributed by atoms with E-state index in [0.717, 1.165) is 19.4 Å². The lowest BCUT2D eigenvalue weighted by Gasteiger charge is -2.13. The molecule has 6 nitrogen and oxygen atoms in total. The Kier molecular flexibility index (Phi) is 7.25. The van der Waals surface area contributed by atoms with Crippen LogP contribution in [0.15, 0.2) is 48.5 Å². The van der Waals surface area contributed by atoms with E-state index >= 15 is 0 Å². The zero-order chi connectivity index (χ0) is 20.6. The summed E-state index contributed by atoms with van der Waals surface area (Å²) in [6, 6.07) is 13.9. The van der Waals surface area contributed by atoms with Crippen molar-refractivity contribution in [3.05, 3.63) is 59.7 Å². The number of para-hydroxylation sites is 1. The van der Waals surface area contributed by atoms with Crippen molar-refractivity contribution >= 4 is 17.5 Å². The molecule has 2 aromatic rings. The minimum Gasteiger partial charge on any atom is -0.491 e. The van der Waals surface area contributed by atoms with Crippen molar-refractivity contribution in [2.45, 2.75) is 32.8 Å². The summed E-state index contributed by atoms with van der Waals surface area (Å²) in [4.78, 5) is 25.1. The molecule has 1 unspecified atom stereocenters. The normalized spacial score (nSPS) is 15.9. The molecule has 0 aliphatic carbocycles. The van der Waals surface area contributed by atoms with Crippen LogP contribution in [0.2, 0.25) is 0 Å². The maximum absolute atomic E-state index is 12.6. The molecule has 2 aromatic carbocycles. The minimum atomic E-state index is -0.278. The van der Waals surface area contributed by atoms with E-state index < -0.39 is 0 Å². The molecule has 3 rings (SSSR count). The molecule has 0 radical (unpaired) electrons. The largest absolute Gasteiger partial charge is 0.491 e. The van der Waals surface area contributed by atoms with Crippen molar-refractivity contribution < 1.29 is 19.1 Å². The molecule has 1 saturated heterocycles. The number of carbonyl (C=O) groups excluding carboxylic acids is 2. The molecular formula is C23H28N2O4. The predicted octanol–water partition coefficient (Wildman–Crippen LogP) is 3.88. The molecule has 0 saturated carbocycles. The van der Waals surface area contributed by atoms with E-state index in [1.165, 1.54) is 0 Å². The quantitative estimate of drug-likeness (QED) is 0.710. The summed E-state index contributed by atoms with van der Waals surface area (Å²) in [5.74, 6) is 0.569. The van der Waals surface area contributed by atoms with Gasteiger partial charge in [0, 0.05) is 18.7 Å². The number of anilines is 1. The first-order valence-corrected chi connectivity index (χ1v) is 10.1. The Labute approximate surface area is 171 Å². The van der Waals surface area contributed by atoms with E-state index in [9.17, 15) is 9.59 Å². The summed E-state index contributed by atoms with van der Waals surface area (Å²) < 4.78 is 11.3. The Morgan fingerprint density at radius 3 is 2.55 bits per heavy atom. The van der Waals surface area contributed by atoms with Gasteiger partial charge in [-0.3, -0.25) is 9.59 Å². The monoisotopic (exact) mass is 396 g/mol. The predicted molar refractivity (Wildman–Crippen MR) is 112 cm³/mol. The van der Waals surface area contributed by atoms with Gasteiger partial charge in [0.05, 0.1) is 17.4 Å². The Bertz CT molecular complexity index is 827. The van der Waals surface area contributed by atoms with E-state index in [4.69, 9.17) is 9.47 Å². The van der Waals surface area contributed by atoms with Gasteiger partial charge in [-0.25, -0.2) is 0 Å². The van der Waals surface area contributed by atoms with Gasteiger partial charge in [-0.15, -0.1) is 0 Å². The third-order valence-electron chi connectivity index (χ3n) is 4.67. The highest BCUT2D eigenvalue weighted by Gasteiger charge is 2.17. The fourth-order valence-corrected chi connectivity index (χ4v) is 3.04. The first-order valence-electron chi connectivity index (χ1n) is 10.1. The number of ether oxygens (including phenoxy) is 2. The number of rotatable bonds is 8. The van der Waals surface area contributed by atoms with E-state index in [0.29, 0.717) is 41.6 Å². The summed E-state index contributed by atoms with van der Waals surface area (Å²) in [7, 11) is 0. The van der Waals surface area contributed by atoms with Crippen LogP contribution in [0.5, 0.6) is 5.75 Å². The van der Waals surface area contributed by atoms with Crippen LogP contribution >= 0.6 is 0 Å². The standard InChI is InChI=1S/C23H28N2O4/c1-16(2)14-24-23(27)20-7-3-4-8-21(20)25-22(26)17-9-11-18(12-10-17)29-15-19-6-5-13-28-19/h3-4,7-12,16,19H,5-6,13-15H2,1-2H3,(H,24,27)(H,25,26). The summed E-state index contributed by atoms with van der Waals surface area (Å²) in [6.07, 6.45) is 2.24. The zero-order valence-corrected chi connectivity index (χ0v) is 16.9. The maximum Gasteiger partial charge on any atom is 0.255 e. The Morgan fingerprint density at radius 2 is 1.86 bits per heavy atom. The van der Waals surface area contributed by atoms with Crippen LogP contribution < -0.4 is 15.4 Å². The van der Waals surface area contributed by atoms with E-state index in [1.54, 1.807) is 48.5 Å². The maximum atomic E-state index is 12.6. The SMILES string of the molecule is CC(C)CNC(=O)c1ccccc1NC(=O)c1ccc(OCC2CCCO2)cc1. The van der Waals surface area contributed by atoms with Crippen molar-refractivity contribution in [3.63, 3.8) is 0 Å². The average molecular weight is 396 g/mol. The van der Waals surface area contributed by atoms with E-state index in [1.807, 2.05) is 13.8 Å². The van der Waals surface area contributed by atoms with Crippen LogP contribution in [-0.4, -0.2) is 37.7 Å². The molecule has 0 spiro atoms. The Morgan fingerprint density at radius 1 is 1.10 bits per heavy atom. The van der Waals surface area contributed by atoms with Gasteiger partial charge in [0.2, 0.25) is 0 Å². The minimum absolute atomic E-state index is 0.149. The van der Waals surface area contributed by atoms with E-state index in [-0.39, 0.29) is 17.9 Å². The number of amides is 2. The lowest BCUT2D eigenvalue weighted by Crippen LogP contribution is -2.28. The molecule has 1 aliphatic heterocycles. The van der Waals surface area contributed by atoms with Crippen molar-refractivity contribution in [2.75, 3.05) is 25.1 Å². The second-order valence-electron chi connectivity index (χ2n) is 7.57. The highest BCUT2D eigenvalue weighted by molar-refractivity contribution is 6.09. The highest BCUT2D eigenvalue weighted by Crippen LogP contribution is 2.19. The van der Waals surface area contributed by atoms with Gasteiger partial charge in [-0.1, -0.05) is 26.0 Å². The van der Waals surface area contributed by atoms with Crippen LogP contribution in [0.1, 0.15) is 47.4 Å². The lowest BCUT2D eigenvalue weighted by atomic mass is 10.1. The average Bonchev–Trinajstić information content (AvgIpc) is 3.25. The molecule has 1 heterocycles. The summed E-state index contributed by atoms with van der Waals surface area (Å²) in [6.45, 7) is 5.95. The third kappa shape index (κ3) is 6.06. The van der Waals surface area contributed by atoms with Crippen LogP contribution in [0.25, 0.3) is 0 Å². The molecule has 1 fully saturated rings. The van der Waals surface area contributed by atoms with Gasteiger partial charge < -0.3 is 20.1 Å². The summed E-state index contributed by atoms with van der Waals surface area (Å²) >= 11 is 0. The Balaban J connectivity index is 1.60. The van der Waals surface area contributed by atoms with Crippen LogP contribution in [0, 0.1) is 5.92 Å². The number of hydrogen-bond donors (Lipinski definition) is 2. The van der Waals surface area contributed by atoms with Gasteiger partial charge in [-0.2, -0.15) is 0 Å². The van der Waals surface area contributed by atoms with Gasteiger partial charge in [-0.05, 0) is 55.2 Å². The topological polar surface area (TPSA) is 76.7 Å². The molecule has 1 atom stereocenters. The second kappa shape index (κ2) is 10.1. The first-order chi connectivity index (χ1) is 14.0. The fourth-order valence-electron chi connectivity index (χ4n) is 3.04. The molecule has 6 heteroatoms. The zero-order valence-electron chi connectivity index (χ0n) is 16.9. The van der Waals surface area contributed by atoms with Crippen molar-refractivity contribution in [3.8, 4) is 5.75 Å². The third-order valence-corrected chi connectivity index (χ3v) is 4.67. The van der Waals surface area contributed by atoms with Gasteiger partial charge in [0.25, 0.3) is 11.8 Å². The van der Waals surface area contributed by atoms with Crippen LogP contribution in [-0.2, 0) is 4.74 Å². The molecule has 2 amide bonds. The van der Waals surface area contributed by atoms with E-state index in [2.05, 4.69) is 10.6 Å². The Hall–Kier alpha value is -2.86. The molecular weight excluding hydrogens is 368 g/mol.